The Bertz CT molecular complexity index is 598. The maximum Gasteiger partial charge on any atom is 0.308 e. The van der Waals surface area contributed by atoms with E-state index in [1.54, 1.807) is 7.11 Å². The molecule has 0 bridgehead atoms. The molecule has 0 spiro atoms. The number of carbonyl (C=O) groups is 2. The number of carbonyl (C=O) groups excluding carboxylic acids is 1. The fourth-order valence-corrected chi connectivity index (χ4v) is 3.51. The number of para-hydroxylation sites is 1. The summed E-state index contributed by atoms with van der Waals surface area (Å²) >= 11 is 0. The van der Waals surface area contributed by atoms with E-state index in [2.05, 4.69) is 5.32 Å². The maximum absolute atomic E-state index is 12.2. The largest absolute Gasteiger partial charge is 0.496 e. The van der Waals surface area contributed by atoms with Crippen molar-refractivity contribution in [3.8, 4) is 5.75 Å². The molecule has 0 saturated carbocycles. The van der Waals surface area contributed by atoms with Gasteiger partial charge in [0.2, 0.25) is 5.91 Å². The van der Waals surface area contributed by atoms with Crippen molar-refractivity contribution in [3.05, 3.63) is 29.8 Å². The Morgan fingerprint density at radius 2 is 2.00 bits per heavy atom. The molecule has 1 amide bonds. The molecule has 144 valence electrons. The highest BCUT2D eigenvalue weighted by Crippen LogP contribution is 2.24. The van der Waals surface area contributed by atoms with Crippen molar-refractivity contribution in [2.24, 2.45) is 17.8 Å². The Kier molecular flexibility index (Phi) is 7.91. The number of rotatable bonds is 9. The van der Waals surface area contributed by atoms with Gasteiger partial charge in [0, 0.05) is 26.2 Å². The summed E-state index contributed by atoms with van der Waals surface area (Å²) < 4.78 is 10.6. The first-order valence-corrected chi connectivity index (χ1v) is 9.20. The molecule has 2 unspecified atom stereocenters. The first-order chi connectivity index (χ1) is 12.5. The van der Waals surface area contributed by atoms with Crippen molar-refractivity contribution in [1.82, 2.24) is 5.32 Å². The molecular weight excluding hydrogens is 334 g/mol. The Morgan fingerprint density at radius 3 is 2.65 bits per heavy atom. The first-order valence-electron chi connectivity index (χ1n) is 9.20. The van der Waals surface area contributed by atoms with Crippen molar-refractivity contribution in [2.45, 2.75) is 32.6 Å². The molecule has 1 fully saturated rings. The SMILES string of the molecule is COc1ccccc1CC(C)CC(=O)NCC(C(=O)O)C1CCOCC1. The third-order valence-electron chi connectivity index (χ3n) is 4.97. The summed E-state index contributed by atoms with van der Waals surface area (Å²) in [4.78, 5) is 23.8. The predicted octanol–water partition coefficient (Wildman–Crippen LogP) is 2.51. The number of methoxy groups -OCH3 is 1. The number of amides is 1. The summed E-state index contributed by atoms with van der Waals surface area (Å²) in [6.45, 7) is 3.38. The van der Waals surface area contributed by atoms with E-state index in [0.29, 0.717) is 19.6 Å². The fourth-order valence-electron chi connectivity index (χ4n) is 3.51. The summed E-state index contributed by atoms with van der Waals surface area (Å²) in [6, 6.07) is 7.78. The number of benzene rings is 1. The van der Waals surface area contributed by atoms with E-state index < -0.39 is 11.9 Å². The lowest BCUT2D eigenvalue weighted by molar-refractivity contribution is -0.145. The Balaban J connectivity index is 1.82. The Hall–Kier alpha value is -2.08. The third kappa shape index (κ3) is 6.02. The van der Waals surface area contributed by atoms with Crippen LogP contribution in [0.5, 0.6) is 5.75 Å². The fraction of sp³-hybridized carbons (Fsp3) is 0.600. The topological polar surface area (TPSA) is 84.9 Å². The standard InChI is InChI=1S/C20H29NO5/c1-14(11-16-5-3-4-6-18(16)25-2)12-19(22)21-13-17(20(23)24)15-7-9-26-10-8-15/h3-6,14-15,17H,7-13H2,1-2H3,(H,21,22)(H,23,24). The van der Waals surface area contributed by atoms with Gasteiger partial charge in [0.25, 0.3) is 0 Å². The van der Waals surface area contributed by atoms with Gasteiger partial charge in [0.1, 0.15) is 5.75 Å². The van der Waals surface area contributed by atoms with E-state index in [-0.39, 0.29) is 24.3 Å². The zero-order valence-corrected chi connectivity index (χ0v) is 15.6. The number of carboxylic acids is 1. The second-order valence-corrected chi connectivity index (χ2v) is 7.02. The first kappa shape index (κ1) is 20.2. The van der Waals surface area contributed by atoms with Crippen LogP contribution in [0.25, 0.3) is 0 Å². The van der Waals surface area contributed by atoms with Gasteiger partial charge in [-0.2, -0.15) is 0 Å². The maximum atomic E-state index is 12.2. The molecule has 1 saturated heterocycles. The van der Waals surface area contributed by atoms with Crippen LogP contribution in [0.15, 0.2) is 24.3 Å². The second-order valence-electron chi connectivity index (χ2n) is 7.02. The quantitative estimate of drug-likeness (QED) is 0.704. The molecule has 6 nitrogen and oxygen atoms in total. The van der Waals surface area contributed by atoms with Gasteiger partial charge in [-0.25, -0.2) is 0 Å². The van der Waals surface area contributed by atoms with Gasteiger partial charge in [-0.05, 0) is 42.7 Å². The second kappa shape index (κ2) is 10.2. The number of aliphatic carboxylic acids is 1. The van der Waals surface area contributed by atoms with Crippen LogP contribution in [0.3, 0.4) is 0 Å². The van der Waals surface area contributed by atoms with E-state index in [1.807, 2.05) is 31.2 Å². The van der Waals surface area contributed by atoms with Crippen molar-refractivity contribution < 1.29 is 24.2 Å². The molecule has 1 aromatic carbocycles. The molecule has 2 N–H and O–H groups in total. The third-order valence-corrected chi connectivity index (χ3v) is 4.97. The van der Waals surface area contributed by atoms with Gasteiger partial charge >= 0.3 is 5.97 Å². The van der Waals surface area contributed by atoms with E-state index in [0.717, 1.165) is 30.6 Å². The number of carboxylic acid groups (broad SMARTS) is 1. The number of hydrogen-bond acceptors (Lipinski definition) is 4. The molecule has 1 aromatic rings. The van der Waals surface area contributed by atoms with E-state index in [1.165, 1.54) is 0 Å². The van der Waals surface area contributed by atoms with Gasteiger partial charge < -0.3 is 19.9 Å². The van der Waals surface area contributed by atoms with Crippen LogP contribution in [0, 0.1) is 17.8 Å². The van der Waals surface area contributed by atoms with E-state index in [9.17, 15) is 14.7 Å². The Labute approximate surface area is 154 Å². The van der Waals surface area contributed by atoms with Gasteiger partial charge in [-0.15, -0.1) is 0 Å². The van der Waals surface area contributed by atoms with Crippen LogP contribution in [-0.2, 0) is 20.7 Å². The minimum Gasteiger partial charge on any atom is -0.496 e. The highest BCUT2D eigenvalue weighted by atomic mass is 16.5. The van der Waals surface area contributed by atoms with Crippen molar-refractivity contribution in [2.75, 3.05) is 26.9 Å². The van der Waals surface area contributed by atoms with Crippen molar-refractivity contribution in [3.63, 3.8) is 0 Å². The van der Waals surface area contributed by atoms with Gasteiger partial charge in [0.15, 0.2) is 0 Å². The molecule has 2 rings (SSSR count). The summed E-state index contributed by atoms with van der Waals surface area (Å²) in [6.07, 6.45) is 2.56. The van der Waals surface area contributed by atoms with E-state index >= 15 is 0 Å². The highest BCUT2D eigenvalue weighted by Gasteiger charge is 2.30. The van der Waals surface area contributed by atoms with Gasteiger partial charge in [-0.3, -0.25) is 9.59 Å². The lowest BCUT2D eigenvalue weighted by atomic mass is 9.86. The zero-order valence-electron chi connectivity index (χ0n) is 15.6. The molecule has 1 aliphatic rings. The van der Waals surface area contributed by atoms with Crippen LogP contribution in [-0.4, -0.2) is 43.9 Å². The highest BCUT2D eigenvalue weighted by molar-refractivity contribution is 5.77. The normalized spacial score (nSPS) is 17.3. The molecule has 0 aromatic heterocycles. The number of ether oxygens (including phenoxy) is 2. The lowest BCUT2D eigenvalue weighted by Gasteiger charge is -2.27. The molecule has 2 atom stereocenters. The number of hydrogen-bond donors (Lipinski definition) is 2. The van der Waals surface area contributed by atoms with Crippen LogP contribution < -0.4 is 10.1 Å². The zero-order chi connectivity index (χ0) is 18.9. The monoisotopic (exact) mass is 363 g/mol. The van der Waals surface area contributed by atoms with Crippen LogP contribution in [0.2, 0.25) is 0 Å². The minimum atomic E-state index is -0.848. The minimum absolute atomic E-state index is 0.0625. The average molecular weight is 363 g/mol. The van der Waals surface area contributed by atoms with Crippen LogP contribution in [0.1, 0.15) is 31.7 Å². The molecule has 1 aliphatic heterocycles. The smallest absolute Gasteiger partial charge is 0.308 e. The van der Waals surface area contributed by atoms with Crippen molar-refractivity contribution >= 4 is 11.9 Å². The summed E-state index contributed by atoms with van der Waals surface area (Å²) in [7, 11) is 1.64. The molecule has 26 heavy (non-hydrogen) atoms. The summed E-state index contributed by atoms with van der Waals surface area (Å²) in [5, 5.41) is 12.3. The van der Waals surface area contributed by atoms with Gasteiger partial charge in [-0.1, -0.05) is 25.1 Å². The van der Waals surface area contributed by atoms with Gasteiger partial charge in [0.05, 0.1) is 13.0 Å². The van der Waals surface area contributed by atoms with Crippen molar-refractivity contribution in [1.29, 1.82) is 0 Å². The number of nitrogens with one attached hydrogen (secondary N) is 1. The van der Waals surface area contributed by atoms with E-state index in [4.69, 9.17) is 9.47 Å². The predicted molar refractivity (Wildman–Crippen MR) is 98.2 cm³/mol. The summed E-state index contributed by atoms with van der Waals surface area (Å²) in [5.74, 6) is -0.479. The van der Waals surface area contributed by atoms with Crippen LogP contribution in [0.4, 0.5) is 0 Å². The average Bonchev–Trinajstić information content (AvgIpc) is 2.62. The molecule has 0 aliphatic carbocycles. The van der Waals surface area contributed by atoms with Crippen LogP contribution >= 0.6 is 0 Å². The molecule has 6 heteroatoms. The Morgan fingerprint density at radius 1 is 1.31 bits per heavy atom. The molecular formula is C20H29NO5. The molecule has 0 radical (unpaired) electrons. The molecule has 1 heterocycles. The lowest BCUT2D eigenvalue weighted by Crippen LogP contribution is -2.39. The summed E-state index contributed by atoms with van der Waals surface area (Å²) in [5.41, 5.74) is 1.07.